The Hall–Kier alpha value is -2.76. The quantitative estimate of drug-likeness (QED) is 0.151. The van der Waals surface area contributed by atoms with Crippen LogP contribution in [0.2, 0.25) is 0 Å². The van der Waals surface area contributed by atoms with Gasteiger partial charge in [0.25, 0.3) is 0 Å². The van der Waals surface area contributed by atoms with Gasteiger partial charge in [-0.3, -0.25) is 0 Å². The molecule has 0 fully saturated rings. The third-order valence-corrected chi connectivity index (χ3v) is 9.07. The average molecular weight is 697 g/mol. The van der Waals surface area contributed by atoms with Crippen LogP contribution in [0.3, 0.4) is 0 Å². The Morgan fingerprint density at radius 1 is 0.421 bits per heavy atom. The van der Waals surface area contributed by atoms with Crippen LogP contribution in [-0.2, 0) is 20.1 Å². The molecule has 0 unspecified atom stereocenters. The van der Waals surface area contributed by atoms with E-state index in [1.165, 1.54) is 44.1 Å². The van der Waals surface area contributed by atoms with Crippen LogP contribution in [0.15, 0.2) is 144 Å². The molecule has 0 amide bonds. The maximum Gasteiger partial charge on any atom is 0.0226 e. The van der Waals surface area contributed by atoms with E-state index in [9.17, 15) is 0 Å². The normalized spacial score (nSPS) is 12.5. The largest absolute Gasteiger partial charge is 0.699 e. The van der Waals surface area contributed by atoms with Crippen molar-refractivity contribution in [3.05, 3.63) is 163 Å². The molecule has 1 aliphatic rings. The van der Waals surface area contributed by atoms with Crippen LogP contribution in [0.25, 0.3) is 5.73 Å². The average Bonchev–Trinajstić information content (AvgIpc) is 3.09. The summed E-state index contributed by atoms with van der Waals surface area (Å²) in [5.41, 5.74) is 13.4. The van der Waals surface area contributed by atoms with E-state index < -0.39 is 7.92 Å². The molecule has 0 aliphatic heterocycles. The maximum atomic E-state index is 7.00. The van der Waals surface area contributed by atoms with Crippen molar-refractivity contribution in [3.8, 4) is 0 Å². The van der Waals surface area contributed by atoms with E-state index in [-0.39, 0.29) is 27.5 Å². The van der Waals surface area contributed by atoms with Gasteiger partial charge in [0, 0.05) is 26.0 Å². The van der Waals surface area contributed by atoms with Gasteiger partial charge in [-0.2, -0.15) is 0 Å². The summed E-state index contributed by atoms with van der Waals surface area (Å²) in [4.78, 5) is 0. The minimum absolute atomic E-state index is 0. The van der Waals surface area contributed by atoms with Crippen molar-refractivity contribution in [2.75, 3.05) is 0 Å². The third kappa shape index (κ3) is 9.21. The van der Waals surface area contributed by atoms with Gasteiger partial charge in [-0.15, -0.1) is 5.69 Å². The molecule has 3 heteroatoms. The van der Waals surface area contributed by atoms with Gasteiger partial charge in [-0.1, -0.05) is 139 Å². The Labute approximate surface area is 246 Å². The van der Waals surface area contributed by atoms with E-state index in [2.05, 4.69) is 126 Å². The Balaban J connectivity index is 0.000000321. The van der Waals surface area contributed by atoms with Crippen LogP contribution < -0.4 is 15.9 Å². The molecule has 2 radical (unpaired) electrons. The number of rotatable bonds is 3. The maximum absolute atomic E-state index is 7.00. The molecule has 0 saturated carbocycles. The Morgan fingerprint density at radius 2 is 0.684 bits per heavy atom. The van der Waals surface area contributed by atoms with Crippen LogP contribution in [0.1, 0.15) is 34.6 Å². The standard InChI is InChI=1S/C18H15P.C10H15.C6H6N.CH3.Ir/c1-4-10-16(11-5-1)19(17-12-6-2-7-13-17)18-14-8-3-9-15-18;1-6-7(2)9(4)10(5)8(6)3;7-6-4-2-1-3-5-6;;/h1-15H;1-5H3;1-5,7H;1H3;/q;;2*-1;. The van der Waals surface area contributed by atoms with Gasteiger partial charge in [0.1, 0.15) is 0 Å². The Kier molecular flexibility index (Phi) is 14.8. The van der Waals surface area contributed by atoms with Crippen molar-refractivity contribution in [1.29, 1.82) is 0 Å². The zero-order chi connectivity index (χ0) is 25.9. The second-order valence-corrected chi connectivity index (χ2v) is 11.1. The molecule has 0 atom stereocenters. The summed E-state index contributed by atoms with van der Waals surface area (Å²) < 4.78 is 0. The molecule has 200 valence electrons. The van der Waals surface area contributed by atoms with Gasteiger partial charge in [0.15, 0.2) is 0 Å². The molecule has 38 heavy (non-hydrogen) atoms. The monoisotopic (exact) mass is 697 g/mol. The molecule has 1 nitrogen and oxygen atoms in total. The first kappa shape index (κ1) is 33.3. The predicted octanol–water partition coefficient (Wildman–Crippen LogP) is 9.53. The summed E-state index contributed by atoms with van der Waals surface area (Å²) in [5, 5.41) is 4.19. The van der Waals surface area contributed by atoms with E-state index in [4.69, 9.17) is 5.73 Å². The number of nitrogens with one attached hydrogen (secondary N) is 1. The molecule has 1 N–H and O–H groups in total. The van der Waals surface area contributed by atoms with Crippen molar-refractivity contribution in [2.24, 2.45) is 0 Å². The zero-order valence-corrected chi connectivity index (χ0v) is 26.6. The topological polar surface area (TPSA) is 23.8 Å². The van der Waals surface area contributed by atoms with Gasteiger partial charge in [0.05, 0.1) is 0 Å². The number of allylic oxidation sites excluding steroid dienone is 4. The molecule has 0 bridgehead atoms. The second-order valence-electron chi connectivity index (χ2n) is 8.83. The summed E-state index contributed by atoms with van der Waals surface area (Å²) in [7, 11) is -0.446. The van der Waals surface area contributed by atoms with Gasteiger partial charge >= 0.3 is 0 Å². The van der Waals surface area contributed by atoms with Crippen LogP contribution in [-0.4, -0.2) is 0 Å². The summed E-state index contributed by atoms with van der Waals surface area (Å²) in [6, 6.07) is 41.4. The summed E-state index contributed by atoms with van der Waals surface area (Å²) >= 11 is 0. The molecule has 1 aliphatic carbocycles. The Bertz CT molecular complexity index is 1150. The fourth-order valence-corrected chi connectivity index (χ4v) is 6.33. The van der Waals surface area contributed by atoms with Crippen LogP contribution in [0, 0.1) is 13.3 Å². The minimum atomic E-state index is -0.446. The van der Waals surface area contributed by atoms with Gasteiger partial charge < -0.3 is 13.2 Å². The molecule has 0 heterocycles. The SMILES string of the molecule is C[C]1C(C)=C(C)C(C)=C1C.[CH3-].[Ir].[NH-]c1ccccc1.c1ccc(P(c2ccccc2)c2ccccc2)cc1. The first-order valence-electron chi connectivity index (χ1n) is 12.3. The third-order valence-electron chi connectivity index (χ3n) is 6.63. The van der Waals surface area contributed by atoms with Crippen LogP contribution >= 0.6 is 7.92 Å². The second kappa shape index (κ2) is 17.0. The summed E-state index contributed by atoms with van der Waals surface area (Å²) in [6.07, 6.45) is 0. The van der Waals surface area contributed by atoms with E-state index in [1.54, 1.807) is 12.1 Å². The summed E-state index contributed by atoms with van der Waals surface area (Å²) in [5.74, 6) is 1.47. The van der Waals surface area contributed by atoms with Gasteiger partial charge in [-0.05, 0) is 62.7 Å². The van der Waals surface area contributed by atoms with E-state index in [0.717, 1.165) is 0 Å². The fraction of sp³-hybridized carbons (Fsp3) is 0.143. The predicted molar refractivity (Wildman–Crippen MR) is 168 cm³/mol. The van der Waals surface area contributed by atoms with Crippen molar-refractivity contribution in [2.45, 2.75) is 34.6 Å². The number of hydrogen-bond acceptors (Lipinski definition) is 0. The minimum Gasteiger partial charge on any atom is -0.699 e. The van der Waals surface area contributed by atoms with E-state index >= 15 is 0 Å². The van der Waals surface area contributed by atoms with Gasteiger partial charge in [0.2, 0.25) is 0 Å². The first-order valence-corrected chi connectivity index (χ1v) is 13.7. The van der Waals surface area contributed by atoms with Crippen molar-refractivity contribution < 1.29 is 20.1 Å². The molecular formula is C35H39IrNP-2. The Morgan fingerprint density at radius 3 is 0.868 bits per heavy atom. The number of hydrogen-bond donors (Lipinski definition) is 0. The van der Waals surface area contributed by atoms with Crippen LogP contribution in [0.4, 0.5) is 5.69 Å². The van der Waals surface area contributed by atoms with E-state index in [0.29, 0.717) is 5.69 Å². The molecule has 4 aromatic carbocycles. The summed E-state index contributed by atoms with van der Waals surface area (Å²) in [6.45, 7) is 11.0. The zero-order valence-electron chi connectivity index (χ0n) is 23.3. The molecule has 5 rings (SSSR count). The molecular weight excluding hydrogens is 658 g/mol. The molecule has 0 spiro atoms. The van der Waals surface area contributed by atoms with Crippen molar-refractivity contribution in [1.82, 2.24) is 0 Å². The first-order chi connectivity index (χ1) is 17.4. The molecule has 0 aromatic heterocycles. The smallest absolute Gasteiger partial charge is 0.0226 e. The van der Waals surface area contributed by atoms with Crippen LogP contribution in [0.5, 0.6) is 0 Å². The van der Waals surface area contributed by atoms with Gasteiger partial charge in [-0.25, -0.2) is 0 Å². The number of benzene rings is 4. The molecule has 0 saturated heterocycles. The van der Waals surface area contributed by atoms with E-state index in [1.807, 2.05) is 18.2 Å². The van der Waals surface area contributed by atoms with Crippen molar-refractivity contribution >= 4 is 29.5 Å². The fourth-order valence-electron chi connectivity index (χ4n) is 4.02. The molecule has 4 aromatic rings. The van der Waals surface area contributed by atoms with Crippen molar-refractivity contribution in [3.63, 3.8) is 0 Å².